The van der Waals surface area contributed by atoms with Crippen molar-refractivity contribution in [1.29, 1.82) is 5.41 Å². The van der Waals surface area contributed by atoms with Gasteiger partial charge in [-0.3, -0.25) is 5.41 Å². The summed E-state index contributed by atoms with van der Waals surface area (Å²) in [5.74, 6) is 1.33. The van der Waals surface area contributed by atoms with Crippen molar-refractivity contribution in [2.24, 2.45) is 0 Å². The molecule has 7 heteroatoms. The second kappa shape index (κ2) is 7.92. The predicted molar refractivity (Wildman–Crippen MR) is 125 cm³/mol. The Labute approximate surface area is 184 Å². The lowest BCUT2D eigenvalue weighted by Gasteiger charge is -2.18. The zero-order chi connectivity index (χ0) is 21.4. The minimum atomic E-state index is 0.208. The number of hydrogen-bond donors (Lipinski definition) is 3. The van der Waals surface area contributed by atoms with Crippen LogP contribution in [0.15, 0.2) is 65.9 Å². The van der Waals surface area contributed by atoms with Crippen molar-refractivity contribution >= 4 is 33.6 Å². The highest BCUT2D eigenvalue weighted by molar-refractivity contribution is 7.11. The monoisotopic (exact) mass is 430 g/mol. The Morgan fingerprint density at radius 1 is 1.19 bits per heavy atom. The van der Waals surface area contributed by atoms with Gasteiger partial charge in [-0.1, -0.05) is 18.2 Å². The summed E-state index contributed by atoms with van der Waals surface area (Å²) < 4.78 is 5.21. The Bertz CT molecular complexity index is 1290. The molecule has 0 aliphatic carbocycles. The molecule has 3 heterocycles. The SMILES string of the molecule is COc1ccc(-c2csc(C3=C(O)CN(CCc4c[nH]c5ccccc45)C3=N)n2)cc1. The summed E-state index contributed by atoms with van der Waals surface area (Å²) in [6.07, 6.45) is 2.82. The molecule has 3 N–H and O–H groups in total. The largest absolute Gasteiger partial charge is 0.510 e. The number of rotatable bonds is 6. The highest BCUT2D eigenvalue weighted by atomic mass is 32.1. The molecule has 0 saturated heterocycles. The van der Waals surface area contributed by atoms with E-state index in [9.17, 15) is 5.11 Å². The maximum Gasteiger partial charge on any atom is 0.135 e. The third-order valence-corrected chi connectivity index (χ3v) is 6.47. The first-order valence-electron chi connectivity index (χ1n) is 10.1. The molecule has 2 aromatic heterocycles. The summed E-state index contributed by atoms with van der Waals surface area (Å²) in [7, 11) is 1.64. The summed E-state index contributed by atoms with van der Waals surface area (Å²) in [4.78, 5) is 9.89. The van der Waals surface area contributed by atoms with E-state index in [1.165, 1.54) is 22.3 Å². The minimum absolute atomic E-state index is 0.208. The number of methoxy groups -OCH3 is 1. The zero-order valence-electron chi connectivity index (χ0n) is 17.1. The fraction of sp³-hybridized carbons (Fsp3) is 0.167. The lowest BCUT2D eigenvalue weighted by atomic mass is 10.1. The first-order chi connectivity index (χ1) is 15.1. The number of fused-ring (bicyclic) bond motifs is 1. The second-order valence-corrected chi connectivity index (χ2v) is 8.33. The molecule has 4 aromatic rings. The number of ether oxygens (including phenoxy) is 1. The van der Waals surface area contributed by atoms with Crippen molar-refractivity contribution in [2.45, 2.75) is 6.42 Å². The van der Waals surface area contributed by atoms with Crippen LogP contribution in [0, 0.1) is 5.41 Å². The number of hydrogen-bond acceptors (Lipinski definition) is 5. The van der Waals surface area contributed by atoms with E-state index in [1.807, 2.05) is 52.9 Å². The Morgan fingerprint density at radius 2 is 2.00 bits per heavy atom. The van der Waals surface area contributed by atoms with E-state index < -0.39 is 0 Å². The molecule has 31 heavy (non-hydrogen) atoms. The van der Waals surface area contributed by atoms with Crippen LogP contribution in [0.25, 0.3) is 27.7 Å². The van der Waals surface area contributed by atoms with Crippen LogP contribution >= 0.6 is 11.3 Å². The van der Waals surface area contributed by atoms with Crippen molar-refractivity contribution in [3.63, 3.8) is 0 Å². The number of aliphatic hydroxyl groups excluding tert-OH is 1. The molecule has 0 saturated carbocycles. The molecule has 0 radical (unpaired) electrons. The van der Waals surface area contributed by atoms with E-state index in [0.717, 1.165) is 28.9 Å². The summed E-state index contributed by atoms with van der Waals surface area (Å²) in [5, 5.41) is 23.1. The molecule has 0 atom stereocenters. The van der Waals surface area contributed by atoms with Crippen LogP contribution in [0.3, 0.4) is 0 Å². The standard InChI is InChI=1S/C24H22N4O2S/c1-30-17-8-6-15(7-9-17)20-14-31-24(27-20)22-21(29)13-28(23(22)25)11-10-16-12-26-19-5-3-2-4-18(16)19/h2-9,12,14,25-26,29H,10-11,13H2,1H3. The molecule has 0 spiro atoms. The Kier molecular flexibility index (Phi) is 4.95. The van der Waals surface area contributed by atoms with Gasteiger partial charge in [0.1, 0.15) is 22.4 Å². The molecule has 1 aliphatic heterocycles. The number of nitrogens with one attached hydrogen (secondary N) is 2. The van der Waals surface area contributed by atoms with Crippen LogP contribution in [0.1, 0.15) is 10.6 Å². The number of aromatic amines is 1. The number of thiazole rings is 1. The van der Waals surface area contributed by atoms with E-state index in [1.54, 1.807) is 7.11 Å². The van der Waals surface area contributed by atoms with Crippen LogP contribution < -0.4 is 4.74 Å². The summed E-state index contributed by atoms with van der Waals surface area (Å²) in [6.45, 7) is 0.999. The number of aliphatic hydroxyl groups is 1. The average Bonchev–Trinajstić information content (AvgIpc) is 3.50. The summed E-state index contributed by atoms with van der Waals surface area (Å²) >= 11 is 1.45. The number of H-pyrrole nitrogens is 1. The Morgan fingerprint density at radius 3 is 2.81 bits per heavy atom. The molecule has 2 aromatic carbocycles. The maximum absolute atomic E-state index is 10.6. The second-order valence-electron chi connectivity index (χ2n) is 7.47. The van der Waals surface area contributed by atoms with E-state index in [0.29, 0.717) is 29.5 Å². The van der Waals surface area contributed by atoms with Crippen LogP contribution in [-0.4, -0.2) is 46.0 Å². The van der Waals surface area contributed by atoms with Gasteiger partial charge in [0.05, 0.1) is 24.9 Å². The number of para-hydroxylation sites is 1. The van der Waals surface area contributed by atoms with Crippen molar-refractivity contribution in [1.82, 2.24) is 14.9 Å². The quantitative estimate of drug-likeness (QED) is 0.397. The third kappa shape index (κ3) is 3.57. The Hall–Kier alpha value is -3.58. The molecule has 0 unspecified atom stereocenters. The molecule has 0 amide bonds. The molecule has 156 valence electrons. The first kappa shape index (κ1) is 19.4. The van der Waals surface area contributed by atoms with Crippen molar-refractivity contribution in [2.75, 3.05) is 20.2 Å². The highest BCUT2D eigenvalue weighted by Gasteiger charge is 2.30. The van der Waals surface area contributed by atoms with E-state index in [2.05, 4.69) is 17.1 Å². The highest BCUT2D eigenvalue weighted by Crippen LogP contribution is 2.33. The molecular formula is C24H22N4O2S. The molecule has 6 nitrogen and oxygen atoms in total. The number of aromatic nitrogens is 2. The predicted octanol–water partition coefficient (Wildman–Crippen LogP) is 5.10. The van der Waals surface area contributed by atoms with Gasteiger partial charge in [0.2, 0.25) is 0 Å². The van der Waals surface area contributed by atoms with Gasteiger partial charge in [0.15, 0.2) is 0 Å². The smallest absolute Gasteiger partial charge is 0.135 e. The van der Waals surface area contributed by atoms with Gasteiger partial charge in [0.25, 0.3) is 0 Å². The Balaban J connectivity index is 1.31. The van der Waals surface area contributed by atoms with Crippen LogP contribution in [0.5, 0.6) is 5.75 Å². The molecule has 1 aliphatic rings. The molecular weight excluding hydrogens is 408 g/mol. The van der Waals surface area contributed by atoms with Crippen molar-refractivity contribution < 1.29 is 9.84 Å². The van der Waals surface area contributed by atoms with Crippen LogP contribution in [0.2, 0.25) is 0 Å². The first-order valence-corrected chi connectivity index (χ1v) is 10.9. The van der Waals surface area contributed by atoms with Crippen molar-refractivity contribution in [3.8, 4) is 17.0 Å². The van der Waals surface area contributed by atoms with E-state index >= 15 is 0 Å². The molecule has 5 rings (SSSR count). The summed E-state index contributed by atoms with van der Waals surface area (Å²) in [6, 6.07) is 15.9. The lowest BCUT2D eigenvalue weighted by molar-refractivity contribution is 0.351. The minimum Gasteiger partial charge on any atom is -0.510 e. The average molecular weight is 431 g/mol. The van der Waals surface area contributed by atoms with Gasteiger partial charge in [-0.15, -0.1) is 11.3 Å². The number of benzene rings is 2. The topological polar surface area (TPSA) is 85.2 Å². The molecule has 0 bridgehead atoms. The fourth-order valence-corrected chi connectivity index (χ4v) is 4.82. The number of amidine groups is 1. The third-order valence-electron chi connectivity index (χ3n) is 5.61. The van der Waals surface area contributed by atoms with Crippen LogP contribution in [0.4, 0.5) is 0 Å². The maximum atomic E-state index is 10.6. The number of nitrogens with zero attached hydrogens (tertiary/aromatic N) is 2. The van der Waals surface area contributed by atoms with Gasteiger partial charge in [-0.25, -0.2) is 4.98 Å². The van der Waals surface area contributed by atoms with Gasteiger partial charge < -0.3 is 19.7 Å². The fourth-order valence-electron chi connectivity index (χ4n) is 3.93. The molecule has 0 fully saturated rings. The summed E-state index contributed by atoms with van der Waals surface area (Å²) in [5.41, 5.74) is 4.66. The van der Waals surface area contributed by atoms with Gasteiger partial charge >= 0.3 is 0 Å². The van der Waals surface area contributed by atoms with Crippen LogP contribution in [-0.2, 0) is 6.42 Å². The zero-order valence-corrected chi connectivity index (χ0v) is 17.9. The van der Waals surface area contributed by atoms with E-state index in [4.69, 9.17) is 15.1 Å². The van der Waals surface area contributed by atoms with Gasteiger partial charge in [-0.05, 0) is 42.3 Å². The normalized spacial score (nSPS) is 14.1. The lowest BCUT2D eigenvalue weighted by Crippen LogP contribution is -2.28. The van der Waals surface area contributed by atoms with Crippen molar-refractivity contribution in [3.05, 3.63) is 76.4 Å². The van der Waals surface area contributed by atoms with Gasteiger partial charge in [0, 0.05) is 34.6 Å². The van der Waals surface area contributed by atoms with E-state index in [-0.39, 0.29) is 5.76 Å². The van der Waals surface area contributed by atoms with Gasteiger partial charge in [-0.2, -0.15) is 0 Å².